The molecule has 1 amide bonds. The van der Waals surface area contributed by atoms with Crippen LogP contribution in [-0.4, -0.2) is 29.7 Å². The molecule has 1 aliphatic rings. The highest BCUT2D eigenvalue weighted by atomic mass is 32.2. The summed E-state index contributed by atoms with van der Waals surface area (Å²) in [5.41, 5.74) is 4.11. The van der Waals surface area contributed by atoms with Crippen LogP contribution in [0, 0.1) is 0 Å². The van der Waals surface area contributed by atoms with Crippen LogP contribution in [0.4, 0.5) is 0 Å². The number of nitrogens with one attached hydrogen (secondary N) is 1. The van der Waals surface area contributed by atoms with Crippen LogP contribution in [0.25, 0.3) is 11.1 Å². The van der Waals surface area contributed by atoms with Crippen molar-refractivity contribution in [2.45, 2.75) is 56.9 Å². The number of aryl methyl sites for hydroxylation is 2. The third-order valence-electron chi connectivity index (χ3n) is 6.97. The van der Waals surface area contributed by atoms with Crippen molar-refractivity contribution >= 4 is 21.7 Å². The molecule has 1 aliphatic carbocycles. The number of amides is 1. The van der Waals surface area contributed by atoms with Crippen molar-refractivity contribution < 1.29 is 18.0 Å². The molecule has 0 saturated heterocycles. The number of imidazole rings is 1. The van der Waals surface area contributed by atoms with Gasteiger partial charge >= 0.3 is 0 Å². The molecule has 1 heterocycles. The predicted molar refractivity (Wildman–Crippen MR) is 150 cm³/mol. The molecule has 0 bridgehead atoms. The SMILES string of the molecule is CCCc1nc2c(n1Cc1ccc(-c3ccccc3S(=O)(=O)NC(=O)c3ccccc3)cc1)C(=O)CCCC2. The summed E-state index contributed by atoms with van der Waals surface area (Å²) in [6.45, 7) is 2.63. The van der Waals surface area contributed by atoms with Gasteiger partial charge in [-0.1, -0.05) is 67.6 Å². The van der Waals surface area contributed by atoms with Gasteiger partial charge in [0.1, 0.15) is 11.5 Å². The van der Waals surface area contributed by atoms with Crippen molar-refractivity contribution in [1.82, 2.24) is 14.3 Å². The highest BCUT2D eigenvalue weighted by Crippen LogP contribution is 2.29. The van der Waals surface area contributed by atoms with E-state index in [1.807, 2.05) is 24.3 Å². The number of hydrogen-bond acceptors (Lipinski definition) is 5. The number of fused-ring (bicyclic) bond motifs is 1. The normalized spacial score (nSPS) is 13.5. The number of carbonyl (C=O) groups is 2. The van der Waals surface area contributed by atoms with Gasteiger partial charge in [-0.2, -0.15) is 0 Å². The molecule has 8 heteroatoms. The number of aromatic nitrogens is 2. The Bertz CT molecular complexity index is 1610. The topological polar surface area (TPSA) is 98.1 Å². The second-order valence-electron chi connectivity index (χ2n) is 9.78. The van der Waals surface area contributed by atoms with Crippen molar-refractivity contribution in [1.29, 1.82) is 0 Å². The Morgan fingerprint density at radius 3 is 2.36 bits per heavy atom. The van der Waals surface area contributed by atoms with Crippen molar-refractivity contribution in [3.63, 3.8) is 0 Å². The van der Waals surface area contributed by atoms with Crippen LogP contribution in [0.15, 0.2) is 83.8 Å². The maximum atomic E-state index is 13.2. The minimum Gasteiger partial charge on any atom is -0.321 e. The van der Waals surface area contributed by atoms with E-state index < -0.39 is 15.9 Å². The molecule has 0 aliphatic heterocycles. The molecule has 0 unspecified atom stereocenters. The van der Waals surface area contributed by atoms with E-state index in [9.17, 15) is 18.0 Å². The first kappa shape index (κ1) is 26.6. The van der Waals surface area contributed by atoms with Crippen LogP contribution >= 0.6 is 0 Å². The van der Waals surface area contributed by atoms with Gasteiger partial charge in [0.25, 0.3) is 15.9 Å². The third-order valence-corrected chi connectivity index (χ3v) is 8.36. The molecule has 1 aromatic heterocycles. The maximum Gasteiger partial charge on any atom is 0.264 e. The lowest BCUT2D eigenvalue weighted by atomic mass is 10.0. The average Bonchev–Trinajstić information content (AvgIpc) is 3.17. The van der Waals surface area contributed by atoms with E-state index in [1.54, 1.807) is 48.5 Å². The van der Waals surface area contributed by atoms with Crippen LogP contribution in [0.5, 0.6) is 0 Å². The second-order valence-corrected chi connectivity index (χ2v) is 11.4. The lowest BCUT2D eigenvalue weighted by molar-refractivity contribution is 0.0968. The molecule has 7 nitrogen and oxygen atoms in total. The molecule has 0 saturated carbocycles. The number of hydrogen-bond donors (Lipinski definition) is 1. The van der Waals surface area contributed by atoms with Crippen LogP contribution in [0.2, 0.25) is 0 Å². The molecule has 4 aromatic rings. The number of rotatable bonds is 8. The van der Waals surface area contributed by atoms with Gasteiger partial charge in [0.2, 0.25) is 0 Å². The summed E-state index contributed by atoms with van der Waals surface area (Å²) in [6, 6.07) is 22.5. The molecule has 5 rings (SSSR count). The minimum absolute atomic E-state index is 0.0257. The average molecular weight is 542 g/mol. The van der Waals surface area contributed by atoms with Crippen molar-refractivity contribution in [3.05, 3.63) is 107 Å². The van der Waals surface area contributed by atoms with E-state index in [-0.39, 0.29) is 16.2 Å². The lowest BCUT2D eigenvalue weighted by Gasteiger charge is -2.14. The number of Topliss-reactive ketones (excluding diaryl/α,β-unsaturated/α-hetero) is 1. The summed E-state index contributed by atoms with van der Waals surface area (Å²) in [5, 5.41) is 0. The van der Waals surface area contributed by atoms with E-state index >= 15 is 0 Å². The monoisotopic (exact) mass is 541 g/mol. The summed E-state index contributed by atoms with van der Waals surface area (Å²) < 4.78 is 30.7. The zero-order valence-electron chi connectivity index (χ0n) is 21.9. The molecule has 200 valence electrons. The van der Waals surface area contributed by atoms with E-state index in [0.717, 1.165) is 54.9 Å². The Balaban J connectivity index is 1.42. The first-order valence-electron chi connectivity index (χ1n) is 13.3. The fourth-order valence-electron chi connectivity index (χ4n) is 5.06. The fraction of sp³-hybridized carbons (Fsp3) is 0.258. The highest BCUT2D eigenvalue weighted by Gasteiger charge is 2.25. The third kappa shape index (κ3) is 5.71. The van der Waals surface area contributed by atoms with Gasteiger partial charge in [-0.05, 0) is 55.0 Å². The van der Waals surface area contributed by atoms with Crippen LogP contribution < -0.4 is 4.72 Å². The Labute approximate surface area is 229 Å². The van der Waals surface area contributed by atoms with Crippen LogP contribution in [0.1, 0.15) is 70.5 Å². The lowest BCUT2D eigenvalue weighted by Crippen LogP contribution is -2.30. The first-order valence-corrected chi connectivity index (χ1v) is 14.8. The summed E-state index contributed by atoms with van der Waals surface area (Å²) >= 11 is 0. The quantitative estimate of drug-likeness (QED) is 0.294. The number of nitrogens with zero attached hydrogens (tertiary/aromatic N) is 2. The molecular formula is C31H31N3O4S. The Morgan fingerprint density at radius 1 is 0.923 bits per heavy atom. The molecule has 0 spiro atoms. The van der Waals surface area contributed by atoms with Gasteiger partial charge in [-0.3, -0.25) is 9.59 Å². The summed E-state index contributed by atoms with van der Waals surface area (Å²) in [7, 11) is -4.12. The zero-order valence-corrected chi connectivity index (χ0v) is 22.7. The van der Waals surface area contributed by atoms with Crippen LogP contribution in [-0.2, 0) is 29.4 Å². The Kier molecular flexibility index (Phi) is 7.74. The number of benzene rings is 3. The van der Waals surface area contributed by atoms with Crippen LogP contribution in [0.3, 0.4) is 0 Å². The fourth-order valence-corrected chi connectivity index (χ4v) is 6.26. The van der Waals surface area contributed by atoms with Gasteiger partial charge in [0.15, 0.2) is 5.78 Å². The molecule has 3 aromatic carbocycles. The largest absolute Gasteiger partial charge is 0.321 e. The molecular weight excluding hydrogens is 510 g/mol. The smallest absolute Gasteiger partial charge is 0.264 e. The Hall–Kier alpha value is -4.04. The van der Waals surface area contributed by atoms with Gasteiger partial charge in [0, 0.05) is 30.5 Å². The summed E-state index contributed by atoms with van der Waals surface area (Å²) in [5.74, 6) is 0.413. The molecule has 39 heavy (non-hydrogen) atoms. The molecule has 0 atom stereocenters. The van der Waals surface area contributed by atoms with E-state index in [2.05, 4.69) is 16.2 Å². The molecule has 0 fully saturated rings. The minimum atomic E-state index is -4.12. The standard InChI is InChI=1S/C31H31N3O4S/c1-2-10-29-32-26-14-7-8-15-27(35)30(26)34(29)21-22-17-19-23(20-18-22)25-13-6-9-16-28(25)39(37,38)33-31(36)24-11-4-3-5-12-24/h3-6,9,11-13,16-20H,2,7-8,10,14-15,21H2,1H3,(H,33,36). The first-order chi connectivity index (χ1) is 18.9. The van der Waals surface area contributed by atoms with Gasteiger partial charge < -0.3 is 4.57 Å². The number of ketones is 1. The number of sulfonamides is 1. The van der Waals surface area contributed by atoms with E-state index in [1.165, 1.54) is 6.07 Å². The van der Waals surface area contributed by atoms with E-state index in [4.69, 9.17) is 4.98 Å². The molecule has 1 N–H and O–H groups in total. The van der Waals surface area contributed by atoms with Gasteiger partial charge in [-0.25, -0.2) is 18.1 Å². The van der Waals surface area contributed by atoms with Crippen molar-refractivity contribution in [3.8, 4) is 11.1 Å². The summed E-state index contributed by atoms with van der Waals surface area (Å²) in [4.78, 5) is 30.4. The maximum absolute atomic E-state index is 13.2. The zero-order chi connectivity index (χ0) is 27.4. The molecule has 0 radical (unpaired) electrons. The number of carbonyl (C=O) groups excluding carboxylic acids is 2. The van der Waals surface area contributed by atoms with Crippen molar-refractivity contribution in [2.75, 3.05) is 0 Å². The second kappa shape index (κ2) is 11.4. The Morgan fingerprint density at radius 2 is 1.62 bits per heavy atom. The van der Waals surface area contributed by atoms with E-state index in [0.29, 0.717) is 24.1 Å². The van der Waals surface area contributed by atoms with Crippen molar-refractivity contribution in [2.24, 2.45) is 0 Å². The summed E-state index contributed by atoms with van der Waals surface area (Å²) in [6.07, 6.45) is 4.99. The predicted octanol–water partition coefficient (Wildman–Crippen LogP) is 5.58. The van der Waals surface area contributed by atoms with Gasteiger partial charge in [0.05, 0.1) is 10.6 Å². The highest BCUT2D eigenvalue weighted by molar-refractivity contribution is 7.90. The van der Waals surface area contributed by atoms with Gasteiger partial charge in [-0.15, -0.1) is 0 Å².